The molecule has 2 N–H and O–H groups in total. The Morgan fingerprint density at radius 3 is 2.43 bits per heavy atom. The van der Waals surface area contributed by atoms with Crippen molar-refractivity contribution in [2.75, 3.05) is 17.9 Å². The van der Waals surface area contributed by atoms with Gasteiger partial charge in [0.15, 0.2) is 0 Å². The molecular formula is C23H28N2O4S. The number of anilines is 1. The summed E-state index contributed by atoms with van der Waals surface area (Å²) in [4.78, 5) is 13.0. The number of sulfonamides is 1. The van der Waals surface area contributed by atoms with Gasteiger partial charge in [0.25, 0.3) is 10.0 Å². The Kier molecular flexibility index (Phi) is 5.59. The number of amides is 1. The van der Waals surface area contributed by atoms with Crippen LogP contribution in [0.1, 0.15) is 42.4 Å². The van der Waals surface area contributed by atoms with Crippen molar-refractivity contribution in [1.29, 1.82) is 0 Å². The SMILES string of the molecule is Cc1ccc(S(=O)(=O)Nc2ccc(C3(C(=O)NC[C@@H]4CCCO4)CC3)cc2)cc1C. The Hall–Kier alpha value is -2.38. The van der Waals surface area contributed by atoms with E-state index in [4.69, 9.17) is 4.74 Å². The lowest BCUT2D eigenvalue weighted by Crippen LogP contribution is -2.39. The molecule has 0 radical (unpaired) electrons. The third-order valence-corrected chi connectivity index (χ3v) is 7.56. The third-order valence-electron chi connectivity index (χ3n) is 6.18. The lowest BCUT2D eigenvalue weighted by Gasteiger charge is -2.18. The van der Waals surface area contributed by atoms with Crippen molar-refractivity contribution < 1.29 is 17.9 Å². The standard InChI is InChI=1S/C23H28N2O4S/c1-16-5-10-21(14-17(16)2)30(27,28)25-19-8-6-18(7-9-19)23(11-12-23)22(26)24-15-20-4-3-13-29-20/h5-10,14,20,25H,3-4,11-13,15H2,1-2H3,(H,24,26)/t20-/m0/s1. The first-order valence-electron chi connectivity index (χ1n) is 10.4. The van der Waals surface area contributed by atoms with E-state index < -0.39 is 15.4 Å². The summed E-state index contributed by atoms with van der Waals surface area (Å²) in [6.07, 6.45) is 3.76. The first-order chi connectivity index (χ1) is 14.3. The van der Waals surface area contributed by atoms with Crippen molar-refractivity contribution in [3.8, 4) is 0 Å². The molecule has 2 fully saturated rings. The van der Waals surface area contributed by atoms with Crippen molar-refractivity contribution in [1.82, 2.24) is 5.32 Å². The lowest BCUT2D eigenvalue weighted by atomic mass is 9.94. The molecule has 0 bridgehead atoms. The number of ether oxygens (including phenoxy) is 1. The van der Waals surface area contributed by atoms with E-state index in [0.717, 1.165) is 49.0 Å². The average molecular weight is 429 g/mol. The highest BCUT2D eigenvalue weighted by Gasteiger charge is 2.51. The fraction of sp³-hybridized carbons (Fsp3) is 0.435. The predicted octanol–water partition coefficient (Wildman–Crippen LogP) is 3.43. The number of nitrogens with one attached hydrogen (secondary N) is 2. The molecule has 160 valence electrons. The van der Waals surface area contributed by atoms with Crippen LogP contribution in [0.2, 0.25) is 0 Å². The predicted molar refractivity (Wildman–Crippen MR) is 116 cm³/mol. The van der Waals surface area contributed by atoms with Crippen LogP contribution in [0.25, 0.3) is 0 Å². The second kappa shape index (κ2) is 8.04. The number of hydrogen-bond acceptors (Lipinski definition) is 4. The van der Waals surface area contributed by atoms with Crippen molar-refractivity contribution in [3.63, 3.8) is 0 Å². The highest BCUT2D eigenvalue weighted by Crippen LogP contribution is 2.48. The van der Waals surface area contributed by atoms with Gasteiger partial charge >= 0.3 is 0 Å². The van der Waals surface area contributed by atoms with Gasteiger partial charge in [-0.05, 0) is 80.5 Å². The Bertz CT molecular complexity index is 1040. The second-order valence-electron chi connectivity index (χ2n) is 8.36. The maximum atomic E-state index is 12.8. The molecule has 0 unspecified atom stereocenters. The van der Waals surface area contributed by atoms with E-state index >= 15 is 0 Å². The number of aryl methyl sites for hydroxylation is 2. The maximum absolute atomic E-state index is 12.8. The third kappa shape index (κ3) is 4.23. The minimum absolute atomic E-state index is 0.0291. The topological polar surface area (TPSA) is 84.5 Å². The molecule has 2 aliphatic rings. The van der Waals surface area contributed by atoms with Gasteiger partial charge in [0, 0.05) is 18.8 Å². The highest BCUT2D eigenvalue weighted by atomic mass is 32.2. The summed E-state index contributed by atoms with van der Waals surface area (Å²) in [5.74, 6) is 0.0291. The second-order valence-corrected chi connectivity index (χ2v) is 10.0. The van der Waals surface area contributed by atoms with Crippen LogP contribution in [0, 0.1) is 13.8 Å². The van der Waals surface area contributed by atoms with Gasteiger partial charge in [-0.2, -0.15) is 0 Å². The number of rotatable bonds is 7. The first-order valence-corrected chi connectivity index (χ1v) is 11.9. The van der Waals surface area contributed by atoms with Gasteiger partial charge in [-0.25, -0.2) is 8.42 Å². The van der Waals surface area contributed by atoms with Crippen LogP contribution in [0.15, 0.2) is 47.4 Å². The molecule has 1 aliphatic carbocycles. The molecule has 4 rings (SSSR count). The largest absolute Gasteiger partial charge is 0.376 e. The van der Waals surface area contributed by atoms with E-state index in [1.165, 1.54) is 0 Å². The minimum atomic E-state index is -3.66. The van der Waals surface area contributed by atoms with Gasteiger partial charge < -0.3 is 10.1 Å². The van der Waals surface area contributed by atoms with Gasteiger partial charge in [0.1, 0.15) is 0 Å². The number of carbonyl (C=O) groups is 1. The molecule has 0 aromatic heterocycles. The zero-order valence-electron chi connectivity index (χ0n) is 17.4. The molecule has 1 aliphatic heterocycles. The van der Waals surface area contributed by atoms with Crippen molar-refractivity contribution in [3.05, 3.63) is 59.2 Å². The molecule has 1 saturated heterocycles. The van der Waals surface area contributed by atoms with E-state index in [1.54, 1.807) is 30.3 Å². The normalized spacial score (nSPS) is 20.0. The smallest absolute Gasteiger partial charge is 0.261 e. The Morgan fingerprint density at radius 2 is 1.83 bits per heavy atom. The maximum Gasteiger partial charge on any atom is 0.261 e. The molecule has 2 aromatic rings. The fourth-order valence-electron chi connectivity index (χ4n) is 3.91. The summed E-state index contributed by atoms with van der Waals surface area (Å²) in [5, 5.41) is 3.03. The van der Waals surface area contributed by atoms with Gasteiger partial charge in [-0.1, -0.05) is 18.2 Å². The van der Waals surface area contributed by atoms with Crippen molar-refractivity contribution >= 4 is 21.6 Å². The van der Waals surface area contributed by atoms with Crippen LogP contribution in [0.3, 0.4) is 0 Å². The van der Waals surface area contributed by atoms with E-state index in [-0.39, 0.29) is 16.9 Å². The van der Waals surface area contributed by atoms with E-state index in [9.17, 15) is 13.2 Å². The van der Waals surface area contributed by atoms with Crippen LogP contribution >= 0.6 is 0 Å². The summed E-state index contributed by atoms with van der Waals surface area (Å²) in [6, 6.07) is 12.2. The lowest BCUT2D eigenvalue weighted by molar-refractivity contribution is -0.124. The zero-order chi connectivity index (χ0) is 21.4. The molecule has 2 aromatic carbocycles. The Morgan fingerprint density at radius 1 is 1.10 bits per heavy atom. The molecule has 30 heavy (non-hydrogen) atoms. The van der Waals surface area contributed by atoms with E-state index in [1.807, 2.05) is 26.0 Å². The van der Waals surface area contributed by atoms with Crippen LogP contribution < -0.4 is 10.0 Å². The summed E-state index contributed by atoms with van der Waals surface area (Å²) >= 11 is 0. The number of benzene rings is 2. The van der Waals surface area contributed by atoms with Crippen LogP contribution in [-0.2, 0) is 25.0 Å². The molecule has 1 atom stereocenters. The number of carbonyl (C=O) groups excluding carboxylic acids is 1. The summed E-state index contributed by atoms with van der Waals surface area (Å²) in [7, 11) is -3.66. The quantitative estimate of drug-likeness (QED) is 0.708. The van der Waals surface area contributed by atoms with Gasteiger partial charge in [0.2, 0.25) is 5.91 Å². The minimum Gasteiger partial charge on any atom is -0.376 e. The van der Waals surface area contributed by atoms with E-state index in [2.05, 4.69) is 10.0 Å². The zero-order valence-corrected chi connectivity index (χ0v) is 18.2. The van der Waals surface area contributed by atoms with Gasteiger partial charge in [0.05, 0.1) is 16.4 Å². The molecule has 0 spiro atoms. The van der Waals surface area contributed by atoms with Crippen LogP contribution in [-0.4, -0.2) is 33.6 Å². The Balaban J connectivity index is 1.43. The molecule has 6 nitrogen and oxygen atoms in total. The van der Waals surface area contributed by atoms with Gasteiger partial charge in [-0.3, -0.25) is 9.52 Å². The van der Waals surface area contributed by atoms with Crippen molar-refractivity contribution in [2.24, 2.45) is 0 Å². The van der Waals surface area contributed by atoms with Crippen LogP contribution in [0.5, 0.6) is 0 Å². The summed E-state index contributed by atoms with van der Waals surface area (Å²) < 4.78 is 33.6. The highest BCUT2D eigenvalue weighted by molar-refractivity contribution is 7.92. The molecule has 1 amide bonds. The molecule has 1 heterocycles. The summed E-state index contributed by atoms with van der Waals surface area (Å²) in [6.45, 7) is 5.16. The molecular weight excluding hydrogens is 400 g/mol. The van der Waals surface area contributed by atoms with E-state index in [0.29, 0.717) is 12.2 Å². The van der Waals surface area contributed by atoms with Gasteiger partial charge in [-0.15, -0.1) is 0 Å². The van der Waals surface area contributed by atoms with Crippen molar-refractivity contribution in [2.45, 2.75) is 55.9 Å². The number of hydrogen-bond donors (Lipinski definition) is 2. The molecule has 1 saturated carbocycles. The van der Waals surface area contributed by atoms with Crippen LogP contribution in [0.4, 0.5) is 5.69 Å². The summed E-state index contributed by atoms with van der Waals surface area (Å²) in [5.41, 5.74) is 2.88. The average Bonchev–Trinajstić information content (AvgIpc) is 3.36. The fourth-order valence-corrected chi connectivity index (χ4v) is 5.05. The Labute approximate surface area is 178 Å². The monoisotopic (exact) mass is 428 g/mol. The first kappa shape index (κ1) is 20.9. The molecule has 7 heteroatoms.